The minimum absolute atomic E-state index is 0.395. The molecule has 0 fully saturated rings. The maximum absolute atomic E-state index is 6.02. The molecule has 9 heteroatoms. The van der Waals surface area contributed by atoms with E-state index in [0.717, 1.165) is 15.6 Å². The quantitative estimate of drug-likeness (QED) is 0.549. The summed E-state index contributed by atoms with van der Waals surface area (Å²) >= 11 is 9.61. The Bertz CT molecular complexity index is 919. The number of ether oxygens (including phenoxy) is 2. The van der Waals surface area contributed by atoms with Crippen LogP contribution in [0, 0.1) is 0 Å². The third-order valence-electron chi connectivity index (χ3n) is 3.88. The van der Waals surface area contributed by atoms with Crippen LogP contribution in [-0.4, -0.2) is 27.3 Å². The maximum Gasteiger partial charge on any atom is 0.243 e. The number of benzene rings is 2. The van der Waals surface area contributed by atoms with Crippen molar-refractivity contribution in [1.82, 2.24) is 20.2 Å². The second-order valence-corrected chi connectivity index (χ2v) is 6.98. The molecule has 0 aliphatic rings. The molecule has 27 heavy (non-hydrogen) atoms. The summed E-state index contributed by atoms with van der Waals surface area (Å²) < 4.78 is 14.0. The highest BCUT2D eigenvalue weighted by molar-refractivity contribution is 9.10. The molecule has 0 radical (unpaired) electrons. The number of nitrogens with zero attached hydrogens (tertiary/aromatic N) is 4. The number of halogens is 2. The smallest absolute Gasteiger partial charge is 0.243 e. The predicted molar refractivity (Wildman–Crippen MR) is 107 cm³/mol. The summed E-state index contributed by atoms with van der Waals surface area (Å²) in [7, 11) is 1.62. The summed E-state index contributed by atoms with van der Waals surface area (Å²) in [5, 5.41) is 15.4. The van der Waals surface area contributed by atoms with Crippen LogP contribution in [0.25, 0.3) is 0 Å². The summed E-state index contributed by atoms with van der Waals surface area (Å²) in [6.45, 7) is 3.60. The molecule has 0 atom stereocenters. The van der Waals surface area contributed by atoms with Crippen molar-refractivity contribution in [3.05, 3.63) is 57.0 Å². The SMILES string of the molecule is CCn1nnnc1NCc1cc(OC)c(OCc2cccc(Cl)c2)cc1Br. The van der Waals surface area contributed by atoms with Gasteiger partial charge in [-0.15, -0.1) is 0 Å². The summed E-state index contributed by atoms with van der Waals surface area (Å²) in [6, 6.07) is 11.4. The van der Waals surface area contributed by atoms with Crippen molar-refractivity contribution in [2.24, 2.45) is 0 Å². The molecule has 3 aromatic rings. The molecule has 2 aromatic carbocycles. The third kappa shape index (κ3) is 4.90. The number of anilines is 1. The first-order valence-corrected chi connectivity index (χ1v) is 9.51. The molecule has 3 rings (SSSR count). The molecule has 0 saturated heterocycles. The molecular formula is C18H19BrClN5O2. The number of hydrogen-bond donors (Lipinski definition) is 1. The van der Waals surface area contributed by atoms with Gasteiger partial charge in [0, 0.05) is 22.6 Å². The minimum Gasteiger partial charge on any atom is -0.493 e. The topological polar surface area (TPSA) is 74.1 Å². The van der Waals surface area contributed by atoms with Gasteiger partial charge in [0.05, 0.1) is 7.11 Å². The van der Waals surface area contributed by atoms with Crippen molar-refractivity contribution in [1.29, 1.82) is 0 Å². The van der Waals surface area contributed by atoms with Crippen LogP contribution in [0.15, 0.2) is 40.9 Å². The van der Waals surface area contributed by atoms with E-state index in [-0.39, 0.29) is 0 Å². The van der Waals surface area contributed by atoms with Gasteiger partial charge in [0.15, 0.2) is 11.5 Å². The zero-order valence-electron chi connectivity index (χ0n) is 14.9. The third-order valence-corrected chi connectivity index (χ3v) is 4.86. The lowest BCUT2D eigenvalue weighted by Gasteiger charge is -2.15. The van der Waals surface area contributed by atoms with E-state index in [4.69, 9.17) is 21.1 Å². The summed E-state index contributed by atoms with van der Waals surface area (Å²) in [5.41, 5.74) is 1.98. The average Bonchev–Trinajstić information content (AvgIpc) is 3.13. The van der Waals surface area contributed by atoms with Crippen molar-refractivity contribution in [3.63, 3.8) is 0 Å². The lowest BCUT2D eigenvalue weighted by Crippen LogP contribution is -2.08. The second-order valence-electron chi connectivity index (χ2n) is 5.68. The van der Waals surface area contributed by atoms with Gasteiger partial charge in [-0.2, -0.15) is 0 Å². The van der Waals surface area contributed by atoms with Crippen molar-refractivity contribution in [2.45, 2.75) is 26.6 Å². The predicted octanol–water partition coefficient (Wildman–Crippen LogP) is 4.31. The van der Waals surface area contributed by atoms with Crippen LogP contribution in [0.4, 0.5) is 5.95 Å². The van der Waals surface area contributed by atoms with Crippen LogP contribution in [0.5, 0.6) is 11.5 Å². The number of hydrogen-bond acceptors (Lipinski definition) is 6. The van der Waals surface area contributed by atoms with Gasteiger partial charge in [-0.3, -0.25) is 0 Å². The molecule has 0 saturated carbocycles. The van der Waals surface area contributed by atoms with Gasteiger partial charge in [-0.1, -0.05) is 44.8 Å². The molecule has 0 amide bonds. The average molecular weight is 453 g/mol. The van der Waals surface area contributed by atoms with E-state index in [9.17, 15) is 0 Å². The highest BCUT2D eigenvalue weighted by atomic mass is 79.9. The number of methoxy groups -OCH3 is 1. The Balaban J connectivity index is 1.72. The van der Waals surface area contributed by atoms with Gasteiger partial charge in [0.25, 0.3) is 0 Å². The van der Waals surface area contributed by atoms with Gasteiger partial charge < -0.3 is 14.8 Å². The zero-order chi connectivity index (χ0) is 19.2. The molecule has 7 nitrogen and oxygen atoms in total. The van der Waals surface area contributed by atoms with Crippen molar-refractivity contribution >= 4 is 33.5 Å². The fraction of sp³-hybridized carbons (Fsp3) is 0.278. The standard InChI is InChI=1S/C18H19BrClN5O2/c1-3-25-18(22-23-24-25)21-10-13-8-16(26-2)17(9-15(13)19)27-11-12-5-4-6-14(20)7-12/h4-9H,3,10-11H2,1-2H3,(H,21,22,24). The van der Waals surface area contributed by atoms with Crippen LogP contribution in [0.1, 0.15) is 18.1 Å². The lowest BCUT2D eigenvalue weighted by atomic mass is 10.2. The van der Waals surface area contributed by atoms with Gasteiger partial charge in [0.2, 0.25) is 5.95 Å². The fourth-order valence-electron chi connectivity index (χ4n) is 2.49. The number of aromatic nitrogens is 4. The fourth-order valence-corrected chi connectivity index (χ4v) is 3.17. The highest BCUT2D eigenvalue weighted by Gasteiger charge is 2.12. The first-order chi connectivity index (χ1) is 13.1. The summed E-state index contributed by atoms with van der Waals surface area (Å²) in [5.74, 6) is 1.91. The minimum atomic E-state index is 0.395. The number of aryl methyl sites for hydroxylation is 1. The van der Waals surface area contributed by atoms with Gasteiger partial charge in [0.1, 0.15) is 6.61 Å². The van der Waals surface area contributed by atoms with E-state index < -0.39 is 0 Å². The van der Waals surface area contributed by atoms with E-state index >= 15 is 0 Å². The normalized spacial score (nSPS) is 10.7. The van der Waals surface area contributed by atoms with Crippen LogP contribution in [0.3, 0.4) is 0 Å². The maximum atomic E-state index is 6.02. The summed E-state index contributed by atoms with van der Waals surface area (Å²) in [6.07, 6.45) is 0. The van der Waals surface area contributed by atoms with E-state index in [1.807, 2.05) is 43.3 Å². The molecule has 0 aliphatic carbocycles. The van der Waals surface area contributed by atoms with Crippen molar-refractivity contribution in [3.8, 4) is 11.5 Å². The van der Waals surface area contributed by atoms with E-state index in [0.29, 0.717) is 42.2 Å². The lowest BCUT2D eigenvalue weighted by molar-refractivity contribution is 0.284. The molecule has 0 unspecified atom stereocenters. The van der Waals surface area contributed by atoms with Crippen LogP contribution in [0.2, 0.25) is 5.02 Å². The van der Waals surface area contributed by atoms with Gasteiger partial charge >= 0.3 is 0 Å². The zero-order valence-corrected chi connectivity index (χ0v) is 17.3. The Kier molecular flexibility index (Phi) is 6.52. The Morgan fingerprint density at radius 1 is 1.22 bits per heavy atom. The van der Waals surface area contributed by atoms with E-state index in [1.54, 1.807) is 11.8 Å². The molecule has 1 aromatic heterocycles. The van der Waals surface area contributed by atoms with E-state index in [2.05, 4.69) is 36.8 Å². The first-order valence-electron chi connectivity index (χ1n) is 8.34. The molecule has 0 bridgehead atoms. The Labute approximate surface area is 170 Å². The second kappa shape index (κ2) is 9.05. The van der Waals surface area contributed by atoms with Crippen molar-refractivity contribution < 1.29 is 9.47 Å². The monoisotopic (exact) mass is 451 g/mol. The van der Waals surface area contributed by atoms with Crippen LogP contribution >= 0.6 is 27.5 Å². The summed E-state index contributed by atoms with van der Waals surface area (Å²) in [4.78, 5) is 0. The van der Waals surface area contributed by atoms with Crippen molar-refractivity contribution in [2.75, 3.05) is 12.4 Å². The Hall–Kier alpha value is -2.32. The van der Waals surface area contributed by atoms with E-state index in [1.165, 1.54) is 0 Å². The number of tetrazole rings is 1. The van der Waals surface area contributed by atoms with Crippen LogP contribution in [-0.2, 0) is 19.7 Å². The first kappa shape index (κ1) is 19.4. The Morgan fingerprint density at radius 3 is 2.81 bits per heavy atom. The molecule has 0 spiro atoms. The van der Waals surface area contributed by atoms with Gasteiger partial charge in [-0.05, 0) is 52.7 Å². The molecule has 1 heterocycles. The Morgan fingerprint density at radius 2 is 2.07 bits per heavy atom. The molecule has 0 aliphatic heterocycles. The molecular weight excluding hydrogens is 434 g/mol. The highest BCUT2D eigenvalue weighted by Crippen LogP contribution is 2.34. The van der Waals surface area contributed by atoms with Gasteiger partial charge in [-0.25, -0.2) is 4.68 Å². The largest absolute Gasteiger partial charge is 0.493 e. The molecule has 142 valence electrons. The number of rotatable bonds is 8. The molecule has 1 N–H and O–H groups in total. The van der Waals surface area contributed by atoms with Crippen LogP contribution < -0.4 is 14.8 Å². The number of nitrogens with one attached hydrogen (secondary N) is 1.